The van der Waals surface area contributed by atoms with Gasteiger partial charge in [-0.05, 0) is 31.2 Å². The zero-order chi connectivity index (χ0) is 20.9. The summed E-state index contributed by atoms with van der Waals surface area (Å²) >= 11 is 0. The molecule has 1 amide bonds. The Morgan fingerprint density at radius 2 is 1.86 bits per heavy atom. The lowest BCUT2D eigenvalue weighted by Gasteiger charge is -2.34. The standard InChI is InChI=1S/C20H24N2O6S/c1-3-29(24,25)22-14-19(28-16-9-5-4-8-15(16)22)20(23)21-12-13-27-18-11-7-6-10-17(18)26-2/h4-11,19H,3,12-14H2,1-2H3,(H,21,23). The van der Waals surface area contributed by atoms with E-state index in [2.05, 4.69) is 5.32 Å². The minimum Gasteiger partial charge on any atom is -0.493 e. The van der Waals surface area contributed by atoms with Gasteiger partial charge in [0, 0.05) is 0 Å². The normalized spacial score (nSPS) is 15.8. The predicted molar refractivity (Wildman–Crippen MR) is 109 cm³/mol. The van der Waals surface area contributed by atoms with Crippen LogP contribution in [-0.2, 0) is 14.8 Å². The van der Waals surface area contributed by atoms with Gasteiger partial charge in [0.2, 0.25) is 10.0 Å². The van der Waals surface area contributed by atoms with Gasteiger partial charge in [-0.3, -0.25) is 9.10 Å². The first-order chi connectivity index (χ1) is 14.0. The molecule has 1 unspecified atom stereocenters. The molecule has 0 radical (unpaired) electrons. The van der Waals surface area contributed by atoms with Crippen LogP contribution in [-0.4, -0.2) is 53.0 Å². The Kier molecular flexibility index (Phi) is 6.48. The topological polar surface area (TPSA) is 94.2 Å². The van der Waals surface area contributed by atoms with Crippen molar-refractivity contribution in [1.29, 1.82) is 0 Å². The summed E-state index contributed by atoms with van der Waals surface area (Å²) in [4.78, 5) is 12.6. The average molecular weight is 420 g/mol. The Morgan fingerprint density at radius 1 is 1.17 bits per heavy atom. The molecule has 0 spiro atoms. The summed E-state index contributed by atoms with van der Waals surface area (Å²) in [5, 5.41) is 2.73. The molecule has 1 heterocycles. The van der Waals surface area contributed by atoms with Gasteiger partial charge in [-0.1, -0.05) is 24.3 Å². The summed E-state index contributed by atoms with van der Waals surface area (Å²) in [7, 11) is -1.98. The van der Waals surface area contributed by atoms with Gasteiger partial charge in [-0.2, -0.15) is 0 Å². The van der Waals surface area contributed by atoms with E-state index in [4.69, 9.17) is 14.2 Å². The van der Waals surface area contributed by atoms with Gasteiger partial charge >= 0.3 is 0 Å². The van der Waals surface area contributed by atoms with Crippen LogP contribution >= 0.6 is 0 Å². The summed E-state index contributed by atoms with van der Waals surface area (Å²) in [5.41, 5.74) is 0.443. The third kappa shape index (κ3) is 4.73. The lowest BCUT2D eigenvalue weighted by Crippen LogP contribution is -2.51. The second-order valence-electron chi connectivity index (χ2n) is 6.30. The Labute approximate surface area is 170 Å². The van der Waals surface area contributed by atoms with Crippen molar-refractivity contribution in [1.82, 2.24) is 5.32 Å². The number of nitrogens with one attached hydrogen (secondary N) is 1. The first-order valence-corrected chi connectivity index (χ1v) is 10.9. The number of fused-ring (bicyclic) bond motifs is 1. The highest BCUT2D eigenvalue weighted by Gasteiger charge is 2.35. The molecule has 2 aromatic carbocycles. The summed E-state index contributed by atoms with van der Waals surface area (Å²) in [6.07, 6.45) is -0.947. The molecule has 1 aliphatic rings. The van der Waals surface area contributed by atoms with Crippen LogP contribution in [0.2, 0.25) is 0 Å². The van der Waals surface area contributed by atoms with Gasteiger partial charge < -0.3 is 19.5 Å². The molecule has 1 N–H and O–H groups in total. The van der Waals surface area contributed by atoms with Crippen molar-refractivity contribution >= 4 is 21.6 Å². The van der Waals surface area contributed by atoms with E-state index in [1.54, 1.807) is 50.4 Å². The Bertz CT molecular complexity index is 963. The second-order valence-corrected chi connectivity index (χ2v) is 8.48. The fourth-order valence-corrected chi connectivity index (χ4v) is 4.07. The molecule has 0 saturated carbocycles. The number of methoxy groups -OCH3 is 1. The van der Waals surface area contributed by atoms with Gasteiger partial charge in [-0.25, -0.2) is 8.42 Å². The van der Waals surface area contributed by atoms with E-state index >= 15 is 0 Å². The zero-order valence-corrected chi connectivity index (χ0v) is 17.1. The number of hydrogen-bond acceptors (Lipinski definition) is 6. The molecule has 0 fully saturated rings. The maximum Gasteiger partial charge on any atom is 0.263 e. The molecule has 1 aliphatic heterocycles. The molecule has 156 valence electrons. The maximum atomic E-state index is 12.6. The number of rotatable bonds is 8. The number of para-hydroxylation sites is 4. The van der Waals surface area contributed by atoms with Crippen LogP contribution in [0.3, 0.4) is 0 Å². The molecule has 29 heavy (non-hydrogen) atoms. The van der Waals surface area contributed by atoms with E-state index in [0.29, 0.717) is 22.9 Å². The van der Waals surface area contributed by atoms with Crippen molar-refractivity contribution in [2.24, 2.45) is 0 Å². The third-order valence-electron chi connectivity index (χ3n) is 4.46. The van der Waals surface area contributed by atoms with E-state index in [0.717, 1.165) is 0 Å². The Morgan fingerprint density at radius 3 is 2.59 bits per heavy atom. The summed E-state index contributed by atoms with van der Waals surface area (Å²) in [6.45, 7) is 1.95. The van der Waals surface area contributed by atoms with Crippen molar-refractivity contribution in [3.05, 3.63) is 48.5 Å². The smallest absolute Gasteiger partial charge is 0.263 e. The third-order valence-corrected chi connectivity index (χ3v) is 6.20. The van der Waals surface area contributed by atoms with Crippen LogP contribution < -0.4 is 23.8 Å². The van der Waals surface area contributed by atoms with Crippen LogP contribution in [0.4, 0.5) is 5.69 Å². The summed E-state index contributed by atoms with van der Waals surface area (Å²) in [6, 6.07) is 14.0. The number of sulfonamides is 1. The Hall–Kier alpha value is -2.94. The maximum absolute atomic E-state index is 12.6. The quantitative estimate of drug-likeness (QED) is 0.655. The van der Waals surface area contributed by atoms with Crippen molar-refractivity contribution in [3.63, 3.8) is 0 Å². The number of hydrogen-bond donors (Lipinski definition) is 1. The number of benzene rings is 2. The van der Waals surface area contributed by atoms with Crippen molar-refractivity contribution < 1.29 is 27.4 Å². The SMILES string of the molecule is CCS(=O)(=O)N1CC(C(=O)NCCOc2ccccc2OC)Oc2ccccc21. The first kappa shape index (κ1) is 20.8. The highest BCUT2D eigenvalue weighted by molar-refractivity contribution is 7.92. The van der Waals surface area contributed by atoms with E-state index < -0.39 is 22.0 Å². The van der Waals surface area contributed by atoms with Crippen molar-refractivity contribution in [2.75, 3.05) is 36.9 Å². The highest BCUT2D eigenvalue weighted by Crippen LogP contribution is 2.35. The van der Waals surface area contributed by atoms with Gasteiger partial charge in [0.25, 0.3) is 5.91 Å². The zero-order valence-electron chi connectivity index (χ0n) is 16.3. The van der Waals surface area contributed by atoms with Gasteiger partial charge in [0.15, 0.2) is 17.6 Å². The van der Waals surface area contributed by atoms with Crippen LogP contribution in [0.15, 0.2) is 48.5 Å². The molecule has 1 atom stereocenters. The molecule has 0 saturated heterocycles. The van der Waals surface area contributed by atoms with E-state index in [9.17, 15) is 13.2 Å². The van der Waals surface area contributed by atoms with E-state index in [1.807, 2.05) is 12.1 Å². The number of carbonyl (C=O) groups is 1. The van der Waals surface area contributed by atoms with Gasteiger partial charge in [0.1, 0.15) is 12.4 Å². The van der Waals surface area contributed by atoms with E-state index in [1.165, 1.54) is 4.31 Å². The minimum absolute atomic E-state index is 0.0670. The molecular formula is C20H24N2O6S. The minimum atomic E-state index is -3.54. The number of amides is 1. The first-order valence-electron chi connectivity index (χ1n) is 9.26. The summed E-state index contributed by atoms with van der Waals surface area (Å²) in [5.74, 6) is 1.07. The van der Waals surface area contributed by atoms with Gasteiger partial charge in [-0.15, -0.1) is 0 Å². The molecule has 2 aromatic rings. The average Bonchev–Trinajstić information content (AvgIpc) is 2.75. The number of carbonyl (C=O) groups excluding carboxylic acids is 1. The largest absolute Gasteiger partial charge is 0.493 e. The number of ether oxygens (including phenoxy) is 3. The molecule has 3 rings (SSSR count). The van der Waals surface area contributed by atoms with Crippen LogP contribution in [0, 0.1) is 0 Å². The van der Waals surface area contributed by atoms with Crippen molar-refractivity contribution in [3.8, 4) is 17.2 Å². The van der Waals surface area contributed by atoms with E-state index in [-0.39, 0.29) is 25.4 Å². The molecule has 0 bridgehead atoms. The second kappa shape index (κ2) is 9.04. The van der Waals surface area contributed by atoms with Crippen LogP contribution in [0.5, 0.6) is 17.2 Å². The molecular weight excluding hydrogens is 396 g/mol. The lowest BCUT2D eigenvalue weighted by atomic mass is 10.2. The van der Waals surface area contributed by atoms with Gasteiger partial charge in [0.05, 0.1) is 31.6 Å². The van der Waals surface area contributed by atoms with Crippen LogP contribution in [0.1, 0.15) is 6.92 Å². The lowest BCUT2D eigenvalue weighted by molar-refractivity contribution is -0.127. The fourth-order valence-electron chi connectivity index (χ4n) is 2.95. The predicted octanol–water partition coefficient (Wildman–Crippen LogP) is 1.81. The number of anilines is 1. The molecule has 0 aliphatic carbocycles. The molecule has 0 aromatic heterocycles. The summed E-state index contributed by atoms with van der Waals surface area (Å²) < 4.78 is 42.8. The fraction of sp³-hybridized carbons (Fsp3) is 0.350. The highest BCUT2D eigenvalue weighted by atomic mass is 32.2. The monoisotopic (exact) mass is 420 g/mol. The van der Waals surface area contributed by atoms with Crippen molar-refractivity contribution in [2.45, 2.75) is 13.0 Å². The Balaban J connectivity index is 1.61. The number of nitrogens with zero attached hydrogens (tertiary/aromatic N) is 1. The molecule has 8 nitrogen and oxygen atoms in total. The molecule has 9 heteroatoms. The van der Waals surface area contributed by atoms with Crippen LogP contribution in [0.25, 0.3) is 0 Å².